The van der Waals surface area contributed by atoms with Crippen molar-refractivity contribution in [2.75, 3.05) is 0 Å². The van der Waals surface area contributed by atoms with Crippen LogP contribution in [0.1, 0.15) is 119 Å². The van der Waals surface area contributed by atoms with E-state index in [2.05, 4.69) is 41.5 Å². The molecule has 164 valence electrons. The van der Waals surface area contributed by atoms with E-state index in [1.165, 1.54) is 0 Å². The molecule has 0 saturated heterocycles. The van der Waals surface area contributed by atoms with Crippen molar-refractivity contribution in [3.05, 3.63) is 0 Å². The lowest BCUT2D eigenvalue weighted by Gasteiger charge is -2.66. The molecule has 1 aliphatic carbocycles. The van der Waals surface area contributed by atoms with Gasteiger partial charge in [-0.1, -0.05) is 67.2 Å². The molecule has 0 amide bonds. The monoisotopic (exact) mass is 396 g/mol. The Hall–Kier alpha value is -1.06. The third kappa shape index (κ3) is 5.10. The number of esters is 2. The van der Waals surface area contributed by atoms with Crippen molar-refractivity contribution in [1.82, 2.24) is 0 Å². The van der Waals surface area contributed by atoms with Crippen LogP contribution in [0.3, 0.4) is 0 Å². The van der Waals surface area contributed by atoms with Crippen molar-refractivity contribution in [1.29, 1.82) is 0 Å². The minimum absolute atomic E-state index is 0.0938. The molecular weight excluding hydrogens is 352 g/mol. The minimum atomic E-state index is -0.257. The molecule has 0 bridgehead atoms. The second kappa shape index (κ2) is 11.8. The summed E-state index contributed by atoms with van der Waals surface area (Å²) in [5, 5.41) is 0. The SMILES string of the molecule is CCCCCC(=O)OC1C(CC)(CC)C(OC(=O)CCCCC)C1(CC)CC. The maximum Gasteiger partial charge on any atom is 0.306 e. The van der Waals surface area contributed by atoms with Crippen molar-refractivity contribution < 1.29 is 19.1 Å². The second-order valence-electron chi connectivity index (χ2n) is 8.53. The first-order valence-electron chi connectivity index (χ1n) is 11.8. The molecule has 0 heterocycles. The van der Waals surface area contributed by atoms with E-state index < -0.39 is 0 Å². The van der Waals surface area contributed by atoms with Crippen LogP contribution in [0.5, 0.6) is 0 Å². The molecule has 0 spiro atoms. The lowest BCUT2D eigenvalue weighted by atomic mass is 9.44. The summed E-state index contributed by atoms with van der Waals surface area (Å²) < 4.78 is 12.2. The highest BCUT2D eigenvalue weighted by molar-refractivity contribution is 5.71. The van der Waals surface area contributed by atoms with E-state index in [-0.39, 0.29) is 35.0 Å². The average Bonchev–Trinajstić information content (AvgIpc) is 2.69. The van der Waals surface area contributed by atoms with Crippen LogP contribution in [-0.4, -0.2) is 24.1 Å². The van der Waals surface area contributed by atoms with E-state index in [0.29, 0.717) is 12.8 Å². The number of unbranched alkanes of at least 4 members (excludes halogenated alkanes) is 4. The number of carbonyl (C=O) groups excluding carboxylic acids is 2. The standard InChI is InChI=1S/C24H44O4/c1-7-13-15-17-19(25)27-21-23(9-3,10-4)22(24(21,11-5)12-6)28-20(26)18-16-14-8-2/h21-22H,7-18H2,1-6H3. The van der Waals surface area contributed by atoms with Crippen LogP contribution in [-0.2, 0) is 19.1 Å². The number of ether oxygens (including phenoxy) is 2. The highest BCUT2D eigenvalue weighted by atomic mass is 16.6. The Bertz CT molecular complexity index is 421. The Morgan fingerprint density at radius 2 is 0.929 bits per heavy atom. The van der Waals surface area contributed by atoms with Gasteiger partial charge in [-0.15, -0.1) is 0 Å². The average molecular weight is 397 g/mol. The van der Waals surface area contributed by atoms with Gasteiger partial charge in [0.15, 0.2) is 0 Å². The zero-order valence-corrected chi connectivity index (χ0v) is 19.3. The molecule has 4 nitrogen and oxygen atoms in total. The van der Waals surface area contributed by atoms with Crippen LogP contribution in [0.4, 0.5) is 0 Å². The minimum Gasteiger partial charge on any atom is -0.461 e. The van der Waals surface area contributed by atoms with E-state index in [0.717, 1.165) is 64.2 Å². The van der Waals surface area contributed by atoms with Gasteiger partial charge in [-0.05, 0) is 38.5 Å². The van der Waals surface area contributed by atoms with Gasteiger partial charge in [0.1, 0.15) is 12.2 Å². The molecule has 0 N–H and O–H groups in total. The molecular formula is C24H44O4. The zero-order chi connectivity index (χ0) is 21.2. The summed E-state index contributed by atoms with van der Waals surface area (Å²) in [7, 11) is 0. The molecule has 0 radical (unpaired) electrons. The van der Waals surface area contributed by atoms with Crippen LogP contribution < -0.4 is 0 Å². The Morgan fingerprint density at radius 3 is 1.18 bits per heavy atom. The number of hydrogen-bond acceptors (Lipinski definition) is 4. The van der Waals surface area contributed by atoms with Gasteiger partial charge in [-0.2, -0.15) is 0 Å². The Balaban J connectivity index is 2.98. The molecule has 4 heteroatoms. The fourth-order valence-corrected chi connectivity index (χ4v) is 5.20. The molecule has 0 unspecified atom stereocenters. The van der Waals surface area contributed by atoms with Crippen LogP contribution in [0, 0.1) is 10.8 Å². The number of hydrogen-bond donors (Lipinski definition) is 0. The first-order valence-corrected chi connectivity index (χ1v) is 11.8. The summed E-state index contributed by atoms with van der Waals surface area (Å²) in [4.78, 5) is 25.1. The Kier molecular flexibility index (Phi) is 10.5. The zero-order valence-electron chi connectivity index (χ0n) is 19.3. The van der Waals surface area contributed by atoms with Crippen molar-refractivity contribution in [2.24, 2.45) is 10.8 Å². The molecule has 0 aromatic heterocycles. The van der Waals surface area contributed by atoms with Gasteiger partial charge in [0.05, 0.1) is 0 Å². The smallest absolute Gasteiger partial charge is 0.306 e. The van der Waals surface area contributed by atoms with Gasteiger partial charge in [0, 0.05) is 23.7 Å². The third-order valence-electron chi connectivity index (χ3n) is 7.19. The maximum atomic E-state index is 12.5. The largest absolute Gasteiger partial charge is 0.461 e. The Morgan fingerprint density at radius 1 is 0.607 bits per heavy atom. The molecule has 0 atom stereocenters. The lowest BCUT2D eigenvalue weighted by Crippen LogP contribution is -2.73. The maximum absolute atomic E-state index is 12.5. The quantitative estimate of drug-likeness (QED) is 0.245. The fraction of sp³-hybridized carbons (Fsp3) is 0.917. The molecule has 0 aliphatic heterocycles. The van der Waals surface area contributed by atoms with Gasteiger partial charge >= 0.3 is 11.9 Å². The second-order valence-corrected chi connectivity index (χ2v) is 8.53. The van der Waals surface area contributed by atoms with Gasteiger partial charge in [0.2, 0.25) is 0 Å². The van der Waals surface area contributed by atoms with E-state index in [9.17, 15) is 9.59 Å². The van der Waals surface area contributed by atoms with Gasteiger partial charge in [0.25, 0.3) is 0 Å². The topological polar surface area (TPSA) is 52.6 Å². The van der Waals surface area contributed by atoms with Crippen LogP contribution >= 0.6 is 0 Å². The molecule has 1 saturated carbocycles. The number of rotatable bonds is 14. The summed E-state index contributed by atoms with van der Waals surface area (Å²) in [6.45, 7) is 12.8. The van der Waals surface area contributed by atoms with E-state index in [4.69, 9.17) is 9.47 Å². The summed E-state index contributed by atoms with van der Waals surface area (Å²) in [6, 6.07) is 0. The summed E-state index contributed by atoms with van der Waals surface area (Å²) in [5.41, 5.74) is -0.514. The summed E-state index contributed by atoms with van der Waals surface area (Å²) in [6.07, 6.45) is 10.1. The molecule has 28 heavy (non-hydrogen) atoms. The van der Waals surface area contributed by atoms with Crippen molar-refractivity contribution >= 4 is 11.9 Å². The molecule has 0 aromatic rings. The highest BCUT2D eigenvalue weighted by Crippen LogP contribution is 2.64. The van der Waals surface area contributed by atoms with Crippen molar-refractivity contribution in [2.45, 2.75) is 131 Å². The molecule has 1 fully saturated rings. The summed E-state index contributed by atoms with van der Waals surface area (Å²) >= 11 is 0. The van der Waals surface area contributed by atoms with Crippen LogP contribution in [0.2, 0.25) is 0 Å². The van der Waals surface area contributed by atoms with E-state index in [1.807, 2.05) is 0 Å². The van der Waals surface area contributed by atoms with Crippen LogP contribution in [0.25, 0.3) is 0 Å². The first kappa shape index (κ1) is 25.0. The molecule has 0 aromatic carbocycles. The van der Waals surface area contributed by atoms with Crippen molar-refractivity contribution in [3.63, 3.8) is 0 Å². The fourth-order valence-electron chi connectivity index (χ4n) is 5.20. The predicted octanol–water partition coefficient (Wildman–Crippen LogP) is 6.60. The normalized spacial score (nSPS) is 22.4. The third-order valence-corrected chi connectivity index (χ3v) is 7.19. The van der Waals surface area contributed by atoms with Gasteiger partial charge in [-0.3, -0.25) is 9.59 Å². The number of carbonyl (C=O) groups is 2. The van der Waals surface area contributed by atoms with E-state index in [1.54, 1.807) is 0 Å². The Labute approximate surface area is 173 Å². The summed E-state index contributed by atoms with van der Waals surface area (Å²) in [5.74, 6) is -0.188. The molecule has 1 rings (SSSR count). The van der Waals surface area contributed by atoms with Crippen LogP contribution in [0.15, 0.2) is 0 Å². The van der Waals surface area contributed by atoms with Gasteiger partial charge < -0.3 is 9.47 Å². The van der Waals surface area contributed by atoms with E-state index >= 15 is 0 Å². The predicted molar refractivity (Wildman–Crippen MR) is 114 cm³/mol. The molecule has 1 aliphatic rings. The first-order chi connectivity index (χ1) is 13.4. The van der Waals surface area contributed by atoms with Crippen molar-refractivity contribution in [3.8, 4) is 0 Å². The van der Waals surface area contributed by atoms with Gasteiger partial charge in [-0.25, -0.2) is 0 Å². The lowest BCUT2D eigenvalue weighted by molar-refractivity contribution is -0.295. The highest BCUT2D eigenvalue weighted by Gasteiger charge is 2.71.